The van der Waals surface area contributed by atoms with Gasteiger partial charge in [0.15, 0.2) is 0 Å². The van der Waals surface area contributed by atoms with Gasteiger partial charge in [-0.15, -0.1) is 5.10 Å². The molecule has 1 unspecified atom stereocenters. The lowest BCUT2D eigenvalue weighted by atomic mass is 9.99. The van der Waals surface area contributed by atoms with E-state index < -0.39 is 5.54 Å². The molecule has 7 nitrogen and oxygen atoms in total. The summed E-state index contributed by atoms with van der Waals surface area (Å²) in [5.74, 6) is 0.576. The number of hydrogen-bond donors (Lipinski definition) is 1. The average Bonchev–Trinajstić information content (AvgIpc) is 3.12. The molecule has 1 aliphatic carbocycles. The van der Waals surface area contributed by atoms with E-state index in [1.165, 1.54) is 0 Å². The molecule has 2 rings (SSSR count). The van der Waals surface area contributed by atoms with Crippen LogP contribution in [0.3, 0.4) is 0 Å². The molecule has 1 heterocycles. The van der Waals surface area contributed by atoms with E-state index >= 15 is 0 Å². The van der Waals surface area contributed by atoms with E-state index in [0.29, 0.717) is 19.1 Å². The zero-order chi connectivity index (χ0) is 14.6. The summed E-state index contributed by atoms with van der Waals surface area (Å²) in [5, 5.41) is 15.4. The third kappa shape index (κ3) is 3.92. The van der Waals surface area contributed by atoms with Gasteiger partial charge in [-0.3, -0.25) is 10.1 Å². The van der Waals surface area contributed by atoms with Crippen LogP contribution in [0.25, 0.3) is 0 Å². The van der Waals surface area contributed by atoms with Crippen LogP contribution in [-0.4, -0.2) is 50.1 Å². The molecule has 8 heteroatoms. The first-order chi connectivity index (χ1) is 9.55. The summed E-state index contributed by atoms with van der Waals surface area (Å²) in [4.78, 5) is 12.1. The van der Waals surface area contributed by atoms with Crippen molar-refractivity contribution in [1.82, 2.24) is 25.5 Å². The molecule has 1 N–H and O–H groups in total. The van der Waals surface area contributed by atoms with Crippen LogP contribution < -0.4 is 5.32 Å². The van der Waals surface area contributed by atoms with Crippen molar-refractivity contribution in [2.45, 2.75) is 49.8 Å². The maximum Gasteiger partial charge on any atom is 0.326 e. The van der Waals surface area contributed by atoms with Crippen LogP contribution in [0.5, 0.6) is 0 Å². The topological polar surface area (TPSA) is 81.9 Å². The number of carbonyl (C=O) groups is 1. The quantitative estimate of drug-likeness (QED) is 0.560. The average molecular weight is 299 g/mol. The third-order valence-electron chi connectivity index (χ3n) is 3.24. The van der Waals surface area contributed by atoms with Crippen LogP contribution in [0.15, 0.2) is 5.16 Å². The summed E-state index contributed by atoms with van der Waals surface area (Å²) in [6.45, 7) is 4.15. The molecule has 112 valence electrons. The van der Waals surface area contributed by atoms with Crippen LogP contribution in [0.1, 0.15) is 33.1 Å². The zero-order valence-corrected chi connectivity index (χ0v) is 12.9. The Bertz CT molecular complexity index is 462. The van der Waals surface area contributed by atoms with Crippen molar-refractivity contribution in [3.63, 3.8) is 0 Å². The van der Waals surface area contributed by atoms with E-state index in [9.17, 15) is 4.79 Å². The molecule has 1 atom stereocenters. The SMILES string of the molecule is CCOC(=O)C(C)(CCSc1nnnn1C)NC1CC1. The van der Waals surface area contributed by atoms with Crippen LogP contribution in [0, 0.1) is 0 Å². The van der Waals surface area contributed by atoms with Crippen molar-refractivity contribution in [1.29, 1.82) is 0 Å². The van der Waals surface area contributed by atoms with E-state index in [1.54, 1.807) is 23.5 Å². The van der Waals surface area contributed by atoms with Gasteiger partial charge in [0.2, 0.25) is 5.16 Å². The summed E-state index contributed by atoms with van der Waals surface area (Å²) in [6.07, 6.45) is 2.95. The van der Waals surface area contributed by atoms with Crippen LogP contribution in [0.4, 0.5) is 0 Å². The Labute approximate surface area is 122 Å². The van der Waals surface area contributed by atoms with Crippen molar-refractivity contribution in [2.24, 2.45) is 7.05 Å². The lowest BCUT2D eigenvalue weighted by molar-refractivity contribution is -0.150. The summed E-state index contributed by atoms with van der Waals surface area (Å²) in [7, 11) is 1.80. The van der Waals surface area contributed by atoms with Crippen molar-refractivity contribution in [2.75, 3.05) is 12.4 Å². The fraction of sp³-hybridized carbons (Fsp3) is 0.833. The number of nitrogens with one attached hydrogen (secondary N) is 1. The van der Waals surface area contributed by atoms with Gasteiger partial charge in [0.05, 0.1) is 6.61 Å². The van der Waals surface area contributed by atoms with Gasteiger partial charge in [-0.05, 0) is 43.5 Å². The summed E-state index contributed by atoms with van der Waals surface area (Å²) in [5.41, 5.74) is -0.629. The van der Waals surface area contributed by atoms with E-state index in [0.717, 1.165) is 23.8 Å². The van der Waals surface area contributed by atoms with Gasteiger partial charge in [0.25, 0.3) is 0 Å². The van der Waals surface area contributed by atoms with Gasteiger partial charge >= 0.3 is 5.97 Å². The first kappa shape index (κ1) is 15.2. The molecule has 0 amide bonds. The smallest absolute Gasteiger partial charge is 0.326 e. The molecular formula is C12H21N5O2S. The highest BCUT2D eigenvalue weighted by molar-refractivity contribution is 7.99. The number of rotatable bonds is 8. The minimum atomic E-state index is -0.629. The second-order valence-electron chi connectivity index (χ2n) is 5.15. The third-order valence-corrected chi connectivity index (χ3v) is 4.25. The fourth-order valence-electron chi connectivity index (χ4n) is 1.89. The Morgan fingerprint density at radius 1 is 1.60 bits per heavy atom. The van der Waals surface area contributed by atoms with Crippen molar-refractivity contribution in [3.05, 3.63) is 0 Å². The molecule has 0 aliphatic heterocycles. The molecule has 0 bridgehead atoms. The predicted octanol–water partition coefficient (Wildman–Crippen LogP) is 0.766. The second-order valence-corrected chi connectivity index (χ2v) is 6.22. The molecule has 0 aromatic carbocycles. The van der Waals surface area contributed by atoms with Gasteiger partial charge in [-0.1, -0.05) is 11.8 Å². The summed E-state index contributed by atoms with van der Waals surface area (Å²) in [6, 6.07) is 0.450. The van der Waals surface area contributed by atoms with Crippen LogP contribution in [0.2, 0.25) is 0 Å². The maximum absolute atomic E-state index is 12.1. The lowest BCUT2D eigenvalue weighted by Gasteiger charge is -2.28. The molecule has 1 aromatic heterocycles. The monoisotopic (exact) mass is 299 g/mol. The normalized spacial score (nSPS) is 17.8. The number of hydrogen-bond acceptors (Lipinski definition) is 7. The summed E-state index contributed by atoms with van der Waals surface area (Å²) < 4.78 is 6.82. The Kier molecular flexibility index (Phi) is 4.98. The number of aromatic nitrogens is 4. The molecule has 1 saturated carbocycles. The molecule has 0 saturated heterocycles. The molecular weight excluding hydrogens is 278 g/mol. The van der Waals surface area contributed by atoms with Gasteiger partial charge in [-0.2, -0.15) is 0 Å². The molecule has 1 aromatic rings. The van der Waals surface area contributed by atoms with Crippen molar-refractivity contribution < 1.29 is 9.53 Å². The number of thioether (sulfide) groups is 1. The second kappa shape index (κ2) is 6.53. The number of aryl methyl sites for hydroxylation is 1. The minimum absolute atomic E-state index is 0.177. The standard InChI is InChI=1S/C12H21N5O2S/c1-4-19-10(18)12(2,13-9-5-6-9)7-8-20-11-14-15-16-17(11)3/h9,13H,4-8H2,1-3H3. The largest absolute Gasteiger partial charge is 0.465 e. The highest BCUT2D eigenvalue weighted by Gasteiger charge is 2.39. The number of carbonyl (C=O) groups excluding carboxylic acids is 1. The summed E-state index contributed by atoms with van der Waals surface area (Å²) >= 11 is 1.54. The predicted molar refractivity (Wildman–Crippen MR) is 75.3 cm³/mol. The Hall–Kier alpha value is -1.15. The minimum Gasteiger partial charge on any atom is -0.465 e. The van der Waals surface area contributed by atoms with E-state index in [-0.39, 0.29) is 5.97 Å². The van der Waals surface area contributed by atoms with Gasteiger partial charge in [-0.25, -0.2) is 4.68 Å². The van der Waals surface area contributed by atoms with E-state index in [4.69, 9.17) is 4.74 Å². The maximum atomic E-state index is 12.1. The van der Waals surface area contributed by atoms with Crippen LogP contribution >= 0.6 is 11.8 Å². The highest BCUT2D eigenvalue weighted by Crippen LogP contribution is 2.27. The van der Waals surface area contributed by atoms with Gasteiger partial charge in [0.1, 0.15) is 5.54 Å². The van der Waals surface area contributed by atoms with Gasteiger partial charge in [0, 0.05) is 18.8 Å². The Morgan fingerprint density at radius 3 is 2.90 bits per heavy atom. The fourth-order valence-corrected chi connectivity index (χ4v) is 2.90. The lowest BCUT2D eigenvalue weighted by Crippen LogP contribution is -2.52. The van der Waals surface area contributed by atoms with Gasteiger partial charge < -0.3 is 4.74 Å². The van der Waals surface area contributed by atoms with Crippen molar-refractivity contribution >= 4 is 17.7 Å². The zero-order valence-electron chi connectivity index (χ0n) is 12.1. The van der Waals surface area contributed by atoms with Crippen molar-refractivity contribution in [3.8, 4) is 0 Å². The van der Waals surface area contributed by atoms with E-state index in [1.807, 2.05) is 13.8 Å². The number of nitrogens with zero attached hydrogens (tertiary/aromatic N) is 4. The number of ether oxygens (including phenoxy) is 1. The van der Waals surface area contributed by atoms with Crippen LogP contribution in [-0.2, 0) is 16.6 Å². The molecule has 20 heavy (non-hydrogen) atoms. The Morgan fingerprint density at radius 2 is 2.35 bits per heavy atom. The molecule has 1 fully saturated rings. The number of tetrazole rings is 1. The number of esters is 1. The first-order valence-electron chi connectivity index (χ1n) is 6.85. The molecule has 0 spiro atoms. The Balaban J connectivity index is 1.89. The van der Waals surface area contributed by atoms with E-state index in [2.05, 4.69) is 20.8 Å². The first-order valence-corrected chi connectivity index (χ1v) is 7.84. The molecule has 1 aliphatic rings. The molecule has 0 radical (unpaired) electrons. The highest BCUT2D eigenvalue weighted by atomic mass is 32.2.